The monoisotopic (exact) mass is 437 g/mol. The smallest absolute Gasteiger partial charge is 0.323 e. The molecule has 8 nitrogen and oxygen atoms in total. The van der Waals surface area contributed by atoms with Crippen molar-refractivity contribution in [3.05, 3.63) is 66.1 Å². The summed E-state index contributed by atoms with van der Waals surface area (Å²) in [5.41, 5.74) is 13.2. The number of para-hydroxylation sites is 1. The number of carbonyl (C=O) groups is 3. The number of likely N-dealkylation sites (tertiary alicyclic amines) is 1. The number of halogens is 1. The summed E-state index contributed by atoms with van der Waals surface area (Å²) in [6.07, 6.45) is 2.37. The van der Waals surface area contributed by atoms with Gasteiger partial charge in [-0.3, -0.25) is 9.36 Å². The second kappa shape index (κ2) is 8.80. The Balaban J connectivity index is 1.49. The Morgan fingerprint density at radius 2 is 1.91 bits per heavy atom. The first-order chi connectivity index (χ1) is 15.3. The Morgan fingerprint density at radius 1 is 1.12 bits per heavy atom. The van der Waals surface area contributed by atoms with Gasteiger partial charge in [-0.05, 0) is 36.6 Å². The van der Waals surface area contributed by atoms with Crippen LogP contribution in [0.3, 0.4) is 0 Å². The minimum absolute atomic E-state index is 0.128. The minimum atomic E-state index is -0.671. The lowest BCUT2D eigenvalue weighted by Crippen LogP contribution is -2.43. The van der Waals surface area contributed by atoms with E-state index in [1.54, 1.807) is 36.4 Å². The number of amides is 3. The van der Waals surface area contributed by atoms with Gasteiger partial charge in [0, 0.05) is 30.6 Å². The van der Waals surface area contributed by atoms with Crippen molar-refractivity contribution >= 4 is 34.4 Å². The van der Waals surface area contributed by atoms with Gasteiger partial charge in [0.1, 0.15) is 5.82 Å². The number of hydrogen-bond acceptors (Lipinski definition) is 4. The minimum Gasteiger partial charge on any atom is -0.351 e. The van der Waals surface area contributed by atoms with Gasteiger partial charge >= 0.3 is 12.1 Å². The number of urea groups is 1. The predicted molar refractivity (Wildman–Crippen MR) is 119 cm³/mol. The summed E-state index contributed by atoms with van der Waals surface area (Å²) in [4.78, 5) is 39.1. The van der Waals surface area contributed by atoms with E-state index in [1.807, 2.05) is 0 Å². The zero-order valence-corrected chi connectivity index (χ0v) is 17.3. The van der Waals surface area contributed by atoms with E-state index in [0.29, 0.717) is 29.4 Å². The van der Waals surface area contributed by atoms with E-state index in [9.17, 15) is 18.8 Å². The van der Waals surface area contributed by atoms with Gasteiger partial charge in [-0.1, -0.05) is 30.3 Å². The second-order valence-electron chi connectivity index (χ2n) is 7.96. The van der Waals surface area contributed by atoms with Gasteiger partial charge in [0.05, 0.1) is 17.2 Å². The zero-order valence-electron chi connectivity index (χ0n) is 17.3. The predicted octanol–water partition coefficient (Wildman–Crippen LogP) is 2.84. The van der Waals surface area contributed by atoms with E-state index in [0.717, 1.165) is 5.56 Å². The second-order valence-corrected chi connectivity index (χ2v) is 7.96. The topological polar surface area (TPSA) is 123 Å². The first-order valence-electron chi connectivity index (χ1n) is 10.3. The number of primary amides is 1. The highest BCUT2D eigenvalue weighted by atomic mass is 19.1. The molecule has 1 aliphatic rings. The molecule has 32 heavy (non-hydrogen) atoms. The number of hydrogen-bond donors (Lipinski definition) is 3. The van der Waals surface area contributed by atoms with Gasteiger partial charge in [-0.15, -0.1) is 0 Å². The molecular formula is C23H24FN5O3. The van der Waals surface area contributed by atoms with Gasteiger partial charge in [0.2, 0.25) is 0 Å². The lowest BCUT2D eigenvalue weighted by atomic mass is 10.0. The average Bonchev–Trinajstić information content (AvgIpc) is 3.33. The molecule has 9 heteroatoms. The molecule has 2 heterocycles. The van der Waals surface area contributed by atoms with E-state index in [1.165, 1.54) is 27.8 Å². The Kier molecular flexibility index (Phi) is 5.91. The lowest BCUT2D eigenvalue weighted by molar-refractivity contribution is -0.122. The van der Waals surface area contributed by atoms with Gasteiger partial charge in [-0.2, -0.15) is 0 Å². The number of nitrogens with zero attached hydrogens (tertiary/aromatic N) is 2. The maximum atomic E-state index is 13.4. The number of nitrogens with two attached hydrogens (primary N) is 2. The van der Waals surface area contributed by atoms with Gasteiger partial charge in [0.25, 0.3) is 0 Å². The van der Waals surface area contributed by atoms with Crippen LogP contribution in [0.15, 0.2) is 54.7 Å². The van der Waals surface area contributed by atoms with Crippen molar-refractivity contribution in [1.29, 1.82) is 0 Å². The molecule has 3 aromatic rings. The van der Waals surface area contributed by atoms with E-state index in [-0.39, 0.29) is 30.6 Å². The fourth-order valence-electron chi connectivity index (χ4n) is 4.17. The van der Waals surface area contributed by atoms with E-state index in [4.69, 9.17) is 11.5 Å². The maximum absolute atomic E-state index is 13.4. The third kappa shape index (κ3) is 4.33. The largest absolute Gasteiger partial charge is 0.351 e. The quantitative estimate of drug-likeness (QED) is 0.568. The normalized spacial score (nSPS) is 18.1. The Bertz CT molecular complexity index is 1190. The fourth-order valence-corrected chi connectivity index (χ4v) is 4.17. The molecule has 3 amide bonds. The van der Waals surface area contributed by atoms with Crippen molar-refractivity contribution in [1.82, 2.24) is 9.47 Å². The molecule has 0 aliphatic carbocycles. The van der Waals surface area contributed by atoms with Crippen molar-refractivity contribution < 1.29 is 18.8 Å². The molecule has 4 rings (SSSR count). The van der Waals surface area contributed by atoms with Crippen LogP contribution < -0.4 is 16.8 Å². The summed E-state index contributed by atoms with van der Waals surface area (Å²) in [5, 5.41) is 3.44. The molecule has 1 aromatic heterocycles. The summed E-state index contributed by atoms with van der Waals surface area (Å²) in [6, 6.07) is 11.0. The standard InChI is InChI=1S/C23H24FN5O3/c24-15-5-3-4-14(10-15)8-9-21(30)20-11-16(25)12-29(20)23(32)27-18-13-28(22(26)31)19-7-2-1-6-17(18)19/h1-7,10,13,16,20H,8-9,11-12,25H2,(H2,26,31)(H,27,32)/t16-,20-/m0/s1. The van der Waals surface area contributed by atoms with Crippen molar-refractivity contribution in [2.45, 2.75) is 31.3 Å². The number of aryl methyl sites for hydroxylation is 1. The van der Waals surface area contributed by atoms with Crippen LogP contribution in [0, 0.1) is 5.82 Å². The molecule has 1 aliphatic heterocycles. The molecule has 0 bridgehead atoms. The third-order valence-electron chi connectivity index (χ3n) is 5.71. The van der Waals surface area contributed by atoms with Crippen LogP contribution in [0.1, 0.15) is 18.4 Å². The molecule has 0 saturated carbocycles. The number of carbonyl (C=O) groups excluding carboxylic acids is 3. The Hall–Kier alpha value is -3.72. The summed E-state index contributed by atoms with van der Waals surface area (Å²) in [7, 11) is 0. The van der Waals surface area contributed by atoms with E-state index in [2.05, 4.69) is 5.32 Å². The Labute approximate surface area is 184 Å². The molecule has 5 N–H and O–H groups in total. The van der Waals surface area contributed by atoms with Crippen LogP contribution in [-0.2, 0) is 11.2 Å². The van der Waals surface area contributed by atoms with Crippen LogP contribution in [0.5, 0.6) is 0 Å². The average molecular weight is 437 g/mol. The van der Waals surface area contributed by atoms with Crippen molar-refractivity contribution in [2.24, 2.45) is 11.5 Å². The van der Waals surface area contributed by atoms with Crippen molar-refractivity contribution in [2.75, 3.05) is 11.9 Å². The molecule has 2 atom stereocenters. The maximum Gasteiger partial charge on any atom is 0.323 e. The number of rotatable bonds is 5. The van der Waals surface area contributed by atoms with E-state index < -0.39 is 18.1 Å². The number of anilines is 1. The number of benzene rings is 2. The highest BCUT2D eigenvalue weighted by Gasteiger charge is 2.38. The van der Waals surface area contributed by atoms with Crippen LogP contribution in [0.4, 0.5) is 19.7 Å². The highest BCUT2D eigenvalue weighted by molar-refractivity contribution is 6.05. The number of aromatic nitrogens is 1. The summed E-state index contributed by atoms with van der Waals surface area (Å²) in [5.74, 6) is -0.481. The first kappa shape index (κ1) is 21.5. The van der Waals surface area contributed by atoms with Crippen molar-refractivity contribution in [3.63, 3.8) is 0 Å². The molecule has 0 spiro atoms. The molecule has 2 aromatic carbocycles. The van der Waals surface area contributed by atoms with Gasteiger partial charge in [0.15, 0.2) is 5.78 Å². The summed E-state index contributed by atoms with van der Waals surface area (Å²) < 4.78 is 14.6. The van der Waals surface area contributed by atoms with Gasteiger partial charge < -0.3 is 21.7 Å². The fraction of sp³-hybridized carbons (Fsp3) is 0.261. The van der Waals surface area contributed by atoms with Crippen molar-refractivity contribution in [3.8, 4) is 0 Å². The molecule has 0 unspecified atom stereocenters. The molecule has 166 valence electrons. The van der Waals surface area contributed by atoms with Crippen LogP contribution in [0.25, 0.3) is 10.9 Å². The number of Topliss-reactive ketones (excluding diaryl/α,β-unsaturated/α-hetero) is 1. The van der Waals surface area contributed by atoms with Crippen LogP contribution in [-0.4, -0.2) is 45.9 Å². The number of fused-ring (bicyclic) bond motifs is 1. The van der Waals surface area contributed by atoms with Crippen LogP contribution >= 0.6 is 0 Å². The number of nitrogens with one attached hydrogen (secondary N) is 1. The SMILES string of the molecule is NC(=O)n1cc(NC(=O)N2C[C@@H](N)C[C@H]2C(=O)CCc2cccc(F)c2)c2ccccc21. The highest BCUT2D eigenvalue weighted by Crippen LogP contribution is 2.27. The number of ketones is 1. The first-order valence-corrected chi connectivity index (χ1v) is 10.3. The lowest BCUT2D eigenvalue weighted by Gasteiger charge is -2.23. The molecular weight excluding hydrogens is 413 g/mol. The Morgan fingerprint density at radius 3 is 2.66 bits per heavy atom. The molecule has 1 fully saturated rings. The summed E-state index contributed by atoms with van der Waals surface area (Å²) >= 11 is 0. The van der Waals surface area contributed by atoms with Gasteiger partial charge in [-0.25, -0.2) is 14.0 Å². The van der Waals surface area contributed by atoms with Crippen LogP contribution in [0.2, 0.25) is 0 Å². The third-order valence-corrected chi connectivity index (χ3v) is 5.71. The summed E-state index contributed by atoms with van der Waals surface area (Å²) in [6.45, 7) is 0.233. The molecule has 1 saturated heterocycles. The zero-order chi connectivity index (χ0) is 22.8. The molecule has 0 radical (unpaired) electrons. The van der Waals surface area contributed by atoms with E-state index >= 15 is 0 Å².